The van der Waals surface area contributed by atoms with E-state index in [4.69, 9.17) is 34.5 Å². The molecule has 0 aliphatic carbocycles. The van der Waals surface area contributed by atoms with Crippen molar-refractivity contribution in [2.24, 2.45) is 5.92 Å². The Labute approximate surface area is 250 Å². The van der Waals surface area contributed by atoms with Gasteiger partial charge >= 0.3 is 15.4 Å². The fourth-order valence-electron chi connectivity index (χ4n) is 5.67. The van der Waals surface area contributed by atoms with E-state index in [2.05, 4.69) is 29.9 Å². The van der Waals surface area contributed by atoms with E-state index in [0.717, 1.165) is 6.33 Å². The van der Waals surface area contributed by atoms with E-state index < -0.39 is 89.2 Å². The predicted molar refractivity (Wildman–Crippen MR) is 147 cm³/mol. The summed E-state index contributed by atoms with van der Waals surface area (Å²) in [4.78, 5) is 56.3. The first-order valence-electron chi connectivity index (χ1n) is 13.3. The molecule has 0 saturated carbocycles. The van der Waals surface area contributed by atoms with Crippen molar-refractivity contribution in [3.8, 4) is 0 Å². The number of rotatable bonds is 2. The summed E-state index contributed by atoms with van der Waals surface area (Å²) in [6.45, 7) is -1.45. The topological polar surface area (TPSA) is 320 Å². The van der Waals surface area contributed by atoms with Crippen molar-refractivity contribution in [2.75, 3.05) is 30.8 Å². The van der Waals surface area contributed by atoms with Gasteiger partial charge in [-0.25, -0.2) is 24.5 Å². The number of aromatic nitrogens is 8. The molecule has 7 rings (SSSR count). The highest BCUT2D eigenvalue weighted by atomic mass is 31.2. The normalized spacial score (nSPS) is 37.7. The van der Waals surface area contributed by atoms with Crippen molar-refractivity contribution >= 4 is 49.5 Å². The fraction of sp³-hybridized carbons (Fsp3) is 0.524. The standard InChI is InChI=1S/C21H26N10O12P2/c22-15-10-16(25-4-24-15)30(5-26-10)20-13(33)14-9(42-20)2-39-44(35,36)3-7-12(32)8(1-40-45(37,38)43-14)41-19(7)31-6-27-11-17(31)28-21(23)29-18(11)34/h4-9,12-14,19-20,32-33H,1-3H2,(H,35,36)(H,37,38)(H2,22,24,25)(H3,23,28,29,34)/t7?,8-,9-,12?,13?,14?,19-,20-/m1/s1. The minimum atomic E-state index is -5.02. The number of imidazole rings is 2. The number of nitrogens with zero attached hydrogens (tertiary/aromatic N) is 7. The number of aliphatic hydroxyl groups excluding tert-OH is 2. The number of hydrogen-bond donors (Lipinski definition) is 7. The van der Waals surface area contributed by atoms with E-state index in [9.17, 15) is 33.9 Å². The van der Waals surface area contributed by atoms with Crippen molar-refractivity contribution in [2.45, 2.75) is 43.0 Å². The monoisotopic (exact) mass is 672 g/mol. The third kappa shape index (κ3) is 5.32. The van der Waals surface area contributed by atoms with Gasteiger partial charge in [0.05, 0.1) is 38.1 Å². The average Bonchev–Trinajstić information content (AvgIpc) is 3.72. The summed E-state index contributed by atoms with van der Waals surface area (Å²) in [6.07, 6.45) is -7.29. The lowest BCUT2D eigenvalue weighted by Crippen LogP contribution is -2.36. The second-order valence-corrected chi connectivity index (χ2v) is 13.9. The Bertz CT molecular complexity index is 1940. The third-order valence-electron chi connectivity index (χ3n) is 7.73. The van der Waals surface area contributed by atoms with E-state index in [0.29, 0.717) is 0 Å². The second kappa shape index (κ2) is 10.9. The maximum atomic E-state index is 13.4. The van der Waals surface area contributed by atoms with E-state index in [1.165, 1.54) is 21.8 Å². The zero-order chi connectivity index (χ0) is 31.8. The van der Waals surface area contributed by atoms with Crippen molar-refractivity contribution in [1.82, 2.24) is 39.0 Å². The average molecular weight is 672 g/mol. The molecule has 3 saturated heterocycles. The van der Waals surface area contributed by atoms with Crippen LogP contribution < -0.4 is 17.0 Å². The molecule has 4 aromatic rings. The van der Waals surface area contributed by atoms with Crippen molar-refractivity contribution in [3.05, 3.63) is 29.3 Å². The number of aromatic amines is 1. The number of nitrogens with two attached hydrogens (primary N) is 2. The number of nitrogen functional groups attached to an aromatic ring is 2. The van der Waals surface area contributed by atoms with Gasteiger partial charge in [0, 0.05) is 5.92 Å². The molecule has 6 unspecified atom stereocenters. The van der Waals surface area contributed by atoms with Gasteiger partial charge in [0.25, 0.3) is 5.56 Å². The zero-order valence-electron chi connectivity index (χ0n) is 22.7. The minimum absolute atomic E-state index is 0.0488. The van der Waals surface area contributed by atoms with Gasteiger partial charge in [-0.1, -0.05) is 0 Å². The number of anilines is 2. The van der Waals surface area contributed by atoms with Crippen LogP contribution in [-0.4, -0.2) is 109 Å². The van der Waals surface area contributed by atoms with Crippen molar-refractivity contribution in [1.29, 1.82) is 0 Å². The molecule has 9 N–H and O–H groups in total. The molecular formula is C21H26N10O12P2. The minimum Gasteiger partial charge on any atom is -0.390 e. The SMILES string of the molecule is Nc1nc2c(ncn2[C@@H]2O[C@@H]3COP(=O)(O)OC4C(O)[C@H](n5cnc6c(N)ncnc65)O[C@@H]4COP(=O)(O)CC2C3O)c(=O)[nH]1. The summed E-state index contributed by atoms with van der Waals surface area (Å²) in [5.41, 5.74) is 11.1. The maximum Gasteiger partial charge on any atom is 0.472 e. The lowest BCUT2D eigenvalue weighted by Gasteiger charge is -2.25. The first-order valence-corrected chi connectivity index (χ1v) is 16.5. The Morgan fingerprint density at radius 1 is 0.889 bits per heavy atom. The molecule has 10 atom stereocenters. The van der Waals surface area contributed by atoms with Gasteiger partial charge in [-0.15, -0.1) is 0 Å². The van der Waals surface area contributed by atoms with Crippen LogP contribution in [-0.2, 0) is 32.2 Å². The molecule has 3 aliphatic heterocycles. The van der Waals surface area contributed by atoms with Gasteiger partial charge in [0.1, 0.15) is 42.5 Å². The molecule has 4 aromatic heterocycles. The van der Waals surface area contributed by atoms with E-state index in [-0.39, 0.29) is 34.1 Å². The van der Waals surface area contributed by atoms with Crippen LogP contribution >= 0.6 is 15.4 Å². The highest BCUT2D eigenvalue weighted by Gasteiger charge is 2.53. The maximum absolute atomic E-state index is 13.4. The molecule has 242 valence electrons. The number of nitrogens with one attached hydrogen (secondary N) is 1. The molecule has 0 radical (unpaired) electrons. The van der Waals surface area contributed by atoms with E-state index in [1.54, 1.807) is 0 Å². The Balaban J connectivity index is 1.21. The highest BCUT2D eigenvalue weighted by Crippen LogP contribution is 2.54. The van der Waals surface area contributed by atoms with E-state index >= 15 is 0 Å². The molecule has 0 amide bonds. The summed E-state index contributed by atoms with van der Waals surface area (Å²) < 4.78 is 56.6. The highest BCUT2D eigenvalue weighted by molar-refractivity contribution is 7.52. The molecule has 0 spiro atoms. The van der Waals surface area contributed by atoms with Gasteiger partial charge in [-0.3, -0.25) is 32.5 Å². The molecule has 24 heteroatoms. The number of hydrogen-bond acceptors (Lipinski definition) is 17. The van der Waals surface area contributed by atoms with Crippen LogP contribution in [0.2, 0.25) is 0 Å². The summed E-state index contributed by atoms with van der Waals surface area (Å²) in [5, 5.41) is 22.3. The lowest BCUT2D eigenvalue weighted by atomic mass is 10.0. The number of phosphoric acid groups is 1. The molecule has 22 nitrogen and oxygen atoms in total. The van der Waals surface area contributed by atoms with Crippen LogP contribution in [0.4, 0.5) is 11.8 Å². The van der Waals surface area contributed by atoms with Crippen LogP contribution in [0, 0.1) is 5.92 Å². The zero-order valence-corrected chi connectivity index (χ0v) is 24.5. The van der Waals surface area contributed by atoms with Crippen LogP contribution in [0.3, 0.4) is 0 Å². The van der Waals surface area contributed by atoms with E-state index in [1.807, 2.05) is 0 Å². The Morgan fingerprint density at radius 2 is 1.58 bits per heavy atom. The number of ether oxygens (including phenoxy) is 2. The number of H-pyrrole nitrogens is 1. The molecule has 2 bridgehead atoms. The first kappa shape index (κ1) is 30.3. The Hall–Kier alpha value is -3.40. The summed E-state index contributed by atoms with van der Waals surface area (Å²) in [6, 6.07) is 0. The Morgan fingerprint density at radius 3 is 2.36 bits per heavy atom. The number of aliphatic hydroxyl groups is 2. The summed E-state index contributed by atoms with van der Waals surface area (Å²) in [7, 11) is -9.64. The number of phosphoric ester groups is 1. The van der Waals surface area contributed by atoms with Gasteiger partial charge < -0.3 is 45.5 Å². The van der Waals surface area contributed by atoms with Gasteiger partial charge in [-0.2, -0.15) is 4.98 Å². The van der Waals surface area contributed by atoms with Crippen LogP contribution in [0.15, 0.2) is 23.8 Å². The molecule has 0 aromatic carbocycles. The third-order valence-corrected chi connectivity index (χ3v) is 10.2. The quantitative estimate of drug-likeness (QED) is 0.113. The smallest absolute Gasteiger partial charge is 0.390 e. The summed E-state index contributed by atoms with van der Waals surface area (Å²) >= 11 is 0. The molecular weight excluding hydrogens is 646 g/mol. The molecule has 45 heavy (non-hydrogen) atoms. The lowest BCUT2D eigenvalue weighted by molar-refractivity contribution is -0.0558. The van der Waals surface area contributed by atoms with Crippen LogP contribution in [0.5, 0.6) is 0 Å². The first-order chi connectivity index (χ1) is 21.3. The summed E-state index contributed by atoms with van der Waals surface area (Å²) in [5.74, 6) is -1.41. The van der Waals surface area contributed by atoms with Gasteiger partial charge in [-0.05, 0) is 0 Å². The van der Waals surface area contributed by atoms with Gasteiger partial charge in [0.2, 0.25) is 5.95 Å². The van der Waals surface area contributed by atoms with Crippen LogP contribution in [0.1, 0.15) is 12.5 Å². The van der Waals surface area contributed by atoms with Crippen LogP contribution in [0.25, 0.3) is 22.3 Å². The van der Waals surface area contributed by atoms with Crippen molar-refractivity contribution < 1.29 is 52.2 Å². The van der Waals surface area contributed by atoms with Crippen molar-refractivity contribution in [3.63, 3.8) is 0 Å². The number of fused-ring (bicyclic) bond motifs is 5. The fourth-order valence-corrected chi connectivity index (χ4v) is 8.05. The van der Waals surface area contributed by atoms with Gasteiger partial charge in [0.15, 0.2) is 28.9 Å². The Kier molecular flexibility index (Phi) is 7.30. The molecule has 3 aliphatic rings. The molecule has 7 heterocycles. The second-order valence-electron chi connectivity index (χ2n) is 10.6. The largest absolute Gasteiger partial charge is 0.472 e. The molecule has 3 fully saturated rings. The predicted octanol–water partition coefficient (Wildman–Crippen LogP) is -2.03.